The van der Waals surface area contributed by atoms with Gasteiger partial charge in [-0.1, -0.05) is 11.6 Å². The van der Waals surface area contributed by atoms with Gasteiger partial charge in [0.1, 0.15) is 24.5 Å². The summed E-state index contributed by atoms with van der Waals surface area (Å²) in [5.41, 5.74) is 0.909. The zero-order chi connectivity index (χ0) is 13.8. The lowest BCUT2D eigenvalue weighted by atomic mass is 10.2. The molecule has 98 valence electrons. The minimum atomic E-state index is -0.370. The van der Waals surface area contributed by atoms with Gasteiger partial charge in [0.25, 0.3) is 0 Å². The molecule has 0 aliphatic carbocycles. The van der Waals surface area contributed by atoms with Crippen molar-refractivity contribution in [2.75, 3.05) is 0 Å². The van der Waals surface area contributed by atoms with Crippen LogP contribution in [-0.2, 0) is 6.61 Å². The molecule has 0 heterocycles. The number of carbonyl (C=O) groups excluding carboxylic acids is 1. The first kappa shape index (κ1) is 14.0. The van der Waals surface area contributed by atoms with Gasteiger partial charge >= 0.3 is 0 Å². The highest BCUT2D eigenvalue weighted by Gasteiger charge is 2.06. The number of hydrogen-bond donors (Lipinski definition) is 0. The van der Waals surface area contributed by atoms with Crippen LogP contribution < -0.4 is 4.74 Å². The van der Waals surface area contributed by atoms with Crippen LogP contribution in [0.3, 0.4) is 0 Å². The summed E-state index contributed by atoms with van der Waals surface area (Å²) in [6.45, 7) is 0.0609. The van der Waals surface area contributed by atoms with Crippen molar-refractivity contribution in [1.29, 1.82) is 0 Å². The van der Waals surface area contributed by atoms with Crippen molar-refractivity contribution in [3.05, 3.63) is 62.8 Å². The topological polar surface area (TPSA) is 26.3 Å². The van der Waals surface area contributed by atoms with E-state index in [1.54, 1.807) is 18.2 Å². The number of carbonyl (C=O) groups is 1. The molecule has 2 aromatic carbocycles. The van der Waals surface area contributed by atoms with Crippen LogP contribution in [0.1, 0.15) is 15.9 Å². The van der Waals surface area contributed by atoms with Crippen molar-refractivity contribution >= 4 is 33.8 Å². The van der Waals surface area contributed by atoms with Crippen LogP contribution in [0.15, 0.2) is 40.9 Å². The Morgan fingerprint density at radius 3 is 2.74 bits per heavy atom. The van der Waals surface area contributed by atoms with Crippen molar-refractivity contribution in [1.82, 2.24) is 0 Å². The zero-order valence-electron chi connectivity index (χ0n) is 9.70. The molecule has 0 radical (unpaired) electrons. The van der Waals surface area contributed by atoms with E-state index in [-0.39, 0.29) is 12.4 Å². The van der Waals surface area contributed by atoms with E-state index in [0.29, 0.717) is 26.4 Å². The first-order chi connectivity index (χ1) is 9.10. The summed E-state index contributed by atoms with van der Waals surface area (Å²) in [4.78, 5) is 10.6. The third kappa shape index (κ3) is 3.55. The van der Waals surface area contributed by atoms with Gasteiger partial charge in [0.15, 0.2) is 0 Å². The van der Waals surface area contributed by atoms with Crippen LogP contribution in [0.2, 0.25) is 5.02 Å². The maximum Gasteiger partial charge on any atom is 0.150 e. The molecule has 0 atom stereocenters. The van der Waals surface area contributed by atoms with Crippen molar-refractivity contribution < 1.29 is 13.9 Å². The van der Waals surface area contributed by atoms with Crippen molar-refractivity contribution in [2.24, 2.45) is 0 Å². The molecule has 2 rings (SSSR count). The standard InChI is InChI=1S/C14H9BrClFO2/c15-12-5-9(7-18)1-4-14(12)19-8-10-6-11(16)2-3-13(10)17/h1-7H,8H2. The van der Waals surface area contributed by atoms with E-state index < -0.39 is 0 Å². The second-order valence-corrected chi connectivity index (χ2v) is 5.12. The summed E-state index contributed by atoms with van der Waals surface area (Å²) in [5, 5.41) is 0.454. The quantitative estimate of drug-likeness (QED) is 0.756. The van der Waals surface area contributed by atoms with E-state index in [1.807, 2.05) is 0 Å². The summed E-state index contributed by atoms with van der Waals surface area (Å²) < 4.78 is 19.6. The molecule has 2 nitrogen and oxygen atoms in total. The fourth-order valence-corrected chi connectivity index (χ4v) is 2.22. The second-order valence-electron chi connectivity index (χ2n) is 3.83. The number of aldehydes is 1. The molecule has 0 fully saturated rings. The highest BCUT2D eigenvalue weighted by molar-refractivity contribution is 9.10. The van der Waals surface area contributed by atoms with Gasteiger partial charge in [-0.05, 0) is 52.3 Å². The Hall–Kier alpha value is -1.39. The highest BCUT2D eigenvalue weighted by atomic mass is 79.9. The molecule has 0 bridgehead atoms. The van der Waals surface area contributed by atoms with Gasteiger partial charge in [0.05, 0.1) is 4.47 Å². The predicted octanol–water partition coefficient (Wildman–Crippen LogP) is 4.63. The Morgan fingerprint density at radius 2 is 2.05 bits per heavy atom. The van der Waals surface area contributed by atoms with Crippen LogP contribution in [0.4, 0.5) is 4.39 Å². The zero-order valence-corrected chi connectivity index (χ0v) is 12.0. The lowest BCUT2D eigenvalue weighted by Crippen LogP contribution is -1.99. The van der Waals surface area contributed by atoms with Crippen LogP contribution in [0.25, 0.3) is 0 Å². The average molecular weight is 344 g/mol. The Labute approximate surface area is 123 Å². The molecule has 0 saturated carbocycles. The maximum atomic E-state index is 13.5. The molecule has 0 aromatic heterocycles. The largest absolute Gasteiger partial charge is 0.488 e. The number of hydrogen-bond acceptors (Lipinski definition) is 2. The predicted molar refractivity (Wildman–Crippen MR) is 75.3 cm³/mol. The van der Waals surface area contributed by atoms with E-state index in [4.69, 9.17) is 16.3 Å². The fraction of sp³-hybridized carbons (Fsp3) is 0.0714. The molecule has 0 aliphatic heterocycles. The van der Waals surface area contributed by atoms with Crippen molar-refractivity contribution in [3.8, 4) is 5.75 Å². The average Bonchev–Trinajstić information content (AvgIpc) is 2.40. The smallest absolute Gasteiger partial charge is 0.150 e. The van der Waals surface area contributed by atoms with Crippen molar-refractivity contribution in [3.63, 3.8) is 0 Å². The van der Waals surface area contributed by atoms with Gasteiger partial charge in [-0.25, -0.2) is 4.39 Å². The minimum Gasteiger partial charge on any atom is -0.488 e. The van der Waals surface area contributed by atoms with E-state index in [0.717, 1.165) is 6.29 Å². The number of halogens is 3. The third-order valence-corrected chi connectivity index (χ3v) is 3.34. The SMILES string of the molecule is O=Cc1ccc(OCc2cc(Cl)ccc2F)c(Br)c1. The monoisotopic (exact) mass is 342 g/mol. The fourth-order valence-electron chi connectivity index (χ4n) is 1.52. The van der Waals surface area contributed by atoms with Crippen LogP contribution in [0, 0.1) is 5.82 Å². The summed E-state index contributed by atoms with van der Waals surface area (Å²) in [5.74, 6) is 0.162. The van der Waals surface area contributed by atoms with Crippen LogP contribution in [0.5, 0.6) is 5.75 Å². The van der Waals surface area contributed by atoms with Gasteiger partial charge in [0.2, 0.25) is 0 Å². The lowest BCUT2D eigenvalue weighted by molar-refractivity contribution is 0.112. The molecular weight excluding hydrogens is 335 g/mol. The summed E-state index contributed by atoms with van der Waals surface area (Å²) in [7, 11) is 0. The van der Waals surface area contributed by atoms with Crippen LogP contribution in [-0.4, -0.2) is 6.29 Å². The number of rotatable bonds is 4. The van der Waals surface area contributed by atoms with Gasteiger partial charge < -0.3 is 4.74 Å². The maximum absolute atomic E-state index is 13.5. The molecule has 0 aliphatic rings. The molecule has 5 heteroatoms. The molecule has 0 unspecified atom stereocenters. The molecule has 0 amide bonds. The normalized spacial score (nSPS) is 10.3. The number of ether oxygens (including phenoxy) is 1. The van der Waals surface area contributed by atoms with E-state index in [2.05, 4.69) is 15.9 Å². The second kappa shape index (κ2) is 6.17. The molecule has 2 aromatic rings. The first-order valence-corrected chi connectivity index (χ1v) is 6.58. The highest BCUT2D eigenvalue weighted by Crippen LogP contribution is 2.27. The third-order valence-electron chi connectivity index (χ3n) is 2.48. The van der Waals surface area contributed by atoms with Gasteiger partial charge in [-0.3, -0.25) is 4.79 Å². The lowest BCUT2D eigenvalue weighted by Gasteiger charge is -2.09. The van der Waals surface area contributed by atoms with E-state index in [1.165, 1.54) is 18.2 Å². The van der Waals surface area contributed by atoms with Crippen LogP contribution >= 0.6 is 27.5 Å². The Morgan fingerprint density at radius 1 is 1.26 bits per heavy atom. The first-order valence-electron chi connectivity index (χ1n) is 5.41. The van der Waals surface area contributed by atoms with Gasteiger partial charge in [-0.2, -0.15) is 0 Å². The summed E-state index contributed by atoms with van der Waals surface area (Å²) >= 11 is 9.09. The molecule has 0 spiro atoms. The number of benzene rings is 2. The van der Waals surface area contributed by atoms with E-state index >= 15 is 0 Å². The van der Waals surface area contributed by atoms with Gasteiger partial charge in [-0.15, -0.1) is 0 Å². The Bertz CT molecular complexity index is 616. The van der Waals surface area contributed by atoms with Crippen molar-refractivity contribution in [2.45, 2.75) is 6.61 Å². The van der Waals surface area contributed by atoms with E-state index in [9.17, 15) is 9.18 Å². The molecule has 0 N–H and O–H groups in total. The molecule has 19 heavy (non-hydrogen) atoms. The summed E-state index contributed by atoms with van der Waals surface area (Å²) in [6, 6.07) is 9.21. The molecule has 0 saturated heterocycles. The Kier molecular flexibility index (Phi) is 4.56. The molecular formula is C14H9BrClFO2. The van der Waals surface area contributed by atoms with Gasteiger partial charge in [0, 0.05) is 16.1 Å². The Balaban J connectivity index is 2.14. The summed E-state index contributed by atoms with van der Waals surface area (Å²) in [6.07, 6.45) is 0.741. The minimum absolute atomic E-state index is 0.0609.